The van der Waals surface area contributed by atoms with Gasteiger partial charge in [0, 0.05) is 12.1 Å². The van der Waals surface area contributed by atoms with Gasteiger partial charge in [-0.25, -0.2) is 0 Å². The van der Waals surface area contributed by atoms with Gasteiger partial charge in [0.05, 0.1) is 9.82 Å². The lowest BCUT2D eigenvalue weighted by molar-refractivity contribution is -0.385. The van der Waals surface area contributed by atoms with Crippen LogP contribution in [0.2, 0.25) is 0 Å². The molecule has 0 heterocycles. The minimum absolute atomic E-state index is 0.230. The molecule has 0 bridgehead atoms. The minimum atomic E-state index is -11.0. The van der Waals surface area contributed by atoms with Crippen molar-refractivity contribution in [2.24, 2.45) is 0 Å². The molecule has 3 nitrogen and oxygen atoms in total. The molecular weight excluding hydrogens is 362 g/mol. The number of alkyl halides is 5. The van der Waals surface area contributed by atoms with Crippen molar-refractivity contribution in [3.05, 3.63) is 34.4 Å². The van der Waals surface area contributed by atoms with E-state index in [1.165, 1.54) is 0 Å². The van der Waals surface area contributed by atoms with Crippen molar-refractivity contribution < 1.29 is 38.0 Å². The summed E-state index contributed by atoms with van der Waals surface area (Å²) in [5.41, 5.74) is -1.41. The van der Waals surface area contributed by atoms with Crippen LogP contribution in [0, 0.1) is 10.1 Å². The number of rotatable bonds is 4. The lowest BCUT2D eigenvalue weighted by Gasteiger charge is -2.54. The number of hydrogen-bond donors (Lipinski definition) is 0. The van der Waals surface area contributed by atoms with Crippen LogP contribution in [-0.4, -0.2) is 15.6 Å². The van der Waals surface area contributed by atoms with Gasteiger partial charge < -0.3 is 0 Å². The first kappa shape index (κ1) is 17.8. The number of nitro benzene ring substituents is 1. The topological polar surface area (TPSA) is 43.1 Å². The normalized spacial score (nSPS) is 17.0. The van der Waals surface area contributed by atoms with Gasteiger partial charge in [0.15, 0.2) is 0 Å². The van der Waals surface area contributed by atoms with E-state index < -0.39 is 42.0 Å². The maximum Gasteiger partial charge on any atom is 0.434 e. The molecule has 0 saturated carbocycles. The Morgan fingerprint density at radius 1 is 1.10 bits per heavy atom. The molecule has 122 valence electrons. The second-order valence-corrected chi connectivity index (χ2v) is 7.44. The summed E-state index contributed by atoms with van der Waals surface area (Å²) < 4.78 is 105. The lowest BCUT2D eigenvalue weighted by Crippen LogP contribution is -2.47. The Kier molecular flexibility index (Phi) is 3.31. The quantitative estimate of drug-likeness (QED) is 0.293. The molecule has 0 N–H and O–H groups in total. The number of halogens is 9. The van der Waals surface area contributed by atoms with Crippen LogP contribution in [0.25, 0.3) is 0 Å². The summed E-state index contributed by atoms with van der Waals surface area (Å²) in [6.07, 6.45) is 0. The molecule has 0 aliphatic heterocycles. The van der Waals surface area contributed by atoms with Crippen LogP contribution in [0.1, 0.15) is 0 Å². The molecule has 21 heavy (non-hydrogen) atoms. The van der Waals surface area contributed by atoms with E-state index in [0.29, 0.717) is 6.07 Å². The first-order valence-electron chi connectivity index (χ1n) is 4.63. The molecule has 1 aromatic rings. The first-order valence-corrected chi connectivity index (χ1v) is 7.06. The molecule has 1 rings (SSSR count). The highest BCUT2D eigenvalue weighted by molar-refractivity contribution is 8.50. The predicted molar refractivity (Wildman–Crippen MR) is 59.1 cm³/mol. The maximum absolute atomic E-state index is 13.5. The van der Waals surface area contributed by atoms with Gasteiger partial charge in [-0.1, -0.05) is 6.07 Å². The van der Waals surface area contributed by atoms with Crippen LogP contribution in [0.5, 0.6) is 0 Å². The number of benzene rings is 1. The highest BCUT2D eigenvalue weighted by Gasteiger charge is 2.90. The Balaban J connectivity index is 3.77. The largest absolute Gasteiger partial charge is 0.434 e. The molecule has 0 aliphatic carbocycles. The van der Waals surface area contributed by atoms with Crippen molar-refractivity contribution >= 4 is 27.1 Å². The second kappa shape index (κ2) is 3.91. The molecule has 0 fully saturated rings. The zero-order valence-corrected chi connectivity index (χ0v) is 11.0. The van der Waals surface area contributed by atoms with Crippen molar-refractivity contribution in [3.8, 4) is 0 Å². The summed E-state index contributed by atoms with van der Waals surface area (Å²) >= 11 is 3.69. The highest BCUT2D eigenvalue weighted by atomic mass is 35.5. The van der Waals surface area contributed by atoms with Crippen LogP contribution in [0.4, 0.5) is 38.8 Å². The molecule has 0 radical (unpaired) electrons. The molecule has 1 aromatic carbocycles. The Labute approximate surface area is 116 Å². The van der Waals surface area contributed by atoms with Crippen molar-refractivity contribution in [1.82, 2.24) is 0 Å². The standard InChI is InChI=1S/C8H4ClF8NO2S/c9-7(10,11)8(12,13)21(14,15,16,17)6-3-1-2-5(4-6)18(19)20/h1-4H. The molecule has 0 amide bonds. The van der Waals surface area contributed by atoms with Gasteiger partial charge in [-0.15, -0.1) is 15.5 Å². The van der Waals surface area contributed by atoms with Crippen molar-refractivity contribution in [2.75, 3.05) is 0 Å². The molecule has 0 atom stereocenters. The average Bonchev–Trinajstić information content (AvgIpc) is 2.26. The summed E-state index contributed by atoms with van der Waals surface area (Å²) in [7, 11) is -11.0. The molecule has 0 aliphatic rings. The van der Waals surface area contributed by atoms with E-state index in [9.17, 15) is 43.2 Å². The predicted octanol–water partition coefficient (Wildman–Crippen LogP) is 5.79. The van der Waals surface area contributed by atoms with Crippen LogP contribution in [-0.2, 0) is 0 Å². The third-order valence-electron chi connectivity index (χ3n) is 2.35. The van der Waals surface area contributed by atoms with Gasteiger partial charge in [-0.05, 0) is 17.7 Å². The average molecular weight is 366 g/mol. The first-order chi connectivity index (χ1) is 8.94. The summed E-state index contributed by atoms with van der Waals surface area (Å²) in [5.74, 6) is 0. The smallest absolute Gasteiger partial charge is 0.258 e. The van der Waals surface area contributed by atoms with Crippen LogP contribution in [0.15, 0.2) is 29.2 Å². The Morgan fingerprint density at radius 3 is 1.95 bits per heavy atom. The molecule has 0 spiro atoms. The Hall–Kier alpha value is -1.30. The molecule has 0 saturated heterocycles. The van der Waals surface area contributed by atoms with Crippen molar-refractivity contribution in [3.63, 3.8) is 0 Å². The van der Waals surface area contributed by atoms with E-state index in [1.807, 2.05) is 0 Å². The fourth-order valence-electron chi connectivity index (χ4n) is 1.23. The fourth-order valence-corrected chi connectivity index (χ4v) is 3.17. The highest BCUT2D eigenvalue weighted by Crippen LogP contribution is 3.08. The zero-order chi connectivity index (χ0) is 17.0. The summed E-state index contributed by atoms with van der Waals surface area (Å²) in [4.78, 5) is 5.99. The minimum Gasteiger partial charge on any atom is -0.258 e. The van der Waals surface area contributed by atoms with Crippen LogP contribution >= 0.6 is 21.4 Å². The number of non-ortho nitro benzene ring substituents is 1. The van der Waals surface area contributed by atoms with E-state index in [-0.39, 0.29) is 12.1 Å². The summed E-state index contributed by atoms with van der Waals surface area (Å²) in [6.45, 7) is 0. The number of nitrogens with zero attached hydrogens (tertiary/aromatic N) is 1. The number of hydrogen-bond acceptors (Lipinski definition) is 2. The van der Waals surface area contributed by atoms with E-state index in [1.54, 1.807) is 0 Å². The Bertz CT molecular complexity index is 609. The van der Waals surface area contributed by atoms with Gasteiger partial charge in [0.2, 0.25) is 9.84 Å². The molecule has 0 unspecified atom stereocenters. The van der Waals surface area contributed by atoms with Gasteiger partial charge >= 0.3 is 10.6 Å². The van der Waals surface area contributed by atoms with Crippen LogP contribution in [0.3, 0.4) is 0 Å². The van der Waals surface area contributed by atoms with Gasteiger partial charge in [0.25, 0.3) is 5.69 Å². The van der Waals surface area contributed by atoms with Gasteiger partial charge in [-0.3, -0.25) is 10.1 Å². The Morgan fingerprint density at radius 2 is 1.57 bits per heavy atom. The third kappa shape index (κ3) is 2.39. The lowest BCUT2D eigenvalue weighted by atomic mass is 10.3. The summed E-state index contributed by atoms with van der Waals surface area (Å²) in [5, 5.41) is -3.23. The van der Waals surface area contributed by atoms with E-state index in [2.05, 4.69) is 11.6 Å². The SMILES string of the molecule is O=[N+]([O-])c1cccc(S(F)(F)(F)(F)C(F)(F)C(F)(F)Cl)c1. The fraction of sp³-hybridized carbons (Fsp3) is 0.250. The van der Waals surface area contributed by atoms with Gasteiger partial charge in [0.1, 0.15) is 0 Å². The van der Waals surface area contributed by atoms with Crippen molar-refractivity contribution in [2.45, 2.75) is 15.5 Å². The molecular formula is C8H4ClF8NO2S. The van der Waals surface area contributed by atoms with E-state index >= 15 is 0 Å². The third-order valence-corrected chi connectivity index (χ3v) is 5.19. The van der Waals surface area contributed by atoms with Crippen LogP contribution < -0.4 is 0 Å². The molecule has 13 heteroatoms. The second-order valence-electron chi connectivity index (χ2n) is 3.84. The monoisotopic (exact) mass is 365 g/mol. The molecule has 0 aromatic heterocycles. The summed E-state index contributed by atoms with van der Waals surface area (Å²) in [6, 6.07) is -0.244. The van der Waals surface area contributed by atoms with E-state index in [4.69, 9.17) is 0 Å². The van der Waals surface area contributed by atoms with Gasteiger partial charge in [-0.2, -0.15) is 17.6 Å². The zero-order valence-electron chi connectivity index (χ0n) is 9.38. The number of nitro groups is 1. The van der Waals surface area contributed by atoms with Crippen molar-refractivity contribution in [1.29, 1.82) is 0 Å². The van der Waals surface area contributed by atoms with E-state index in [0.717, 1.165) is 0 Å². The maximum atomic E-state index is 13.5.